The molecule has 0 aliphatic heterocycles. The van der Waals surface area contributed by atoms with E-state index in [2.05, 4.69) is 4.98 Å². The molecule has 0 saturated carbocycles. The highest BCUT2D eigenvalue weighted by Gasteiger charge is 2.37. The molecule has 0 fully saturated rings. The first-order valence-electron chi connectivity index (χ1n) is 6.45. The quantitative estimate of drug-likeness (QED) is 0.857. The van der Waals surface area contributed by atoms with Crippen LogP contribution in [0.1, 0.15) is 45.0 Å². The van der Waals surface area contributed by atoms with Crippen LogP contribution in [0.5, 0.6) is 0 Å². The highest BCUT2D eigenvalue weighted by molar-refractivity contribution is 5.91. The number of hydrogen-bond donors (Lipinski definition) is 1. The molecule has 0 aliphatic carbocycles. The van der Waals surface area contributed by atoms with Gasteiger partial charge in [0.15, 0.2) is 0 Å². The van der Waals surface area contributed by atoms with Gasteiger partial charge in [-0.15, -0.1) is 0 Å². The maximum absolute atomic E-state index is 12.2. The SMILES string of the molecule is CC(C)(C)C(=O)C(C)(C)COC(=O)c1cc[nH]c(=O)c1. The lowest BCUT2D eigenvalue weighted by Crippen LogP contribution is -2.38. The largest absolute Gasteiger partial charge is 0.461 e. The minimum absolute atomic E-state index is 0.0173. The van der Waals surface area contributed by atoms with Crippen LogP contribution in [0.2, 0.25) is 0 Å². The number of aromatic amines is 1. The number of ketones is 1. The van der Waals surface area contributed by atoms with Crippen LogP contribution in [0.25, 0.3) is 0 Å². The molecule has 0 spiro atoms. The van der Waals surface area contributed by atoms with E-state index in [0.29, 0.717) is 0 Å². The molecule has 0 unspecified atom stereocenters. The molecule has 5 heteroatoms. The van der Waals surface area contributed by atoms with Gasteiger partial charge >= 0.3 is 5.97 Å². The first-order valence-corrected chi connectivity index (χ1v) is 6.45. The molecule has 0 aliphatic rings. The van der Waals surface area contributed by atoms with Crippen LogP contribution < -0.4 is 5.56 Å². The standard InChI is InChI=1S/C15H21NO4/c1-14(2,3)13(19)15(4,5)9-20-12(18)10-6-7-16-11(17)8-10/h6-8H,9H2,1-5H3,(H,16,17). The number of carbonyl (C=O) groups is 2. The molecule has 0 aromatic carbocycles. The Hall–Kier alpha value is -1.91. The number of rotatable bonds is 4. The Labute approximate surface area is 118 Å². The molecule has 1 heterocycles. The van der Waals surface area contributed by atoms with E-state index in [1.807, 2.05) is 20.8 Å². The van der Waals surface area contributed by atoms with Gasteiger partial charge < -0.3 is 9.72 Å². The van der Waals surface area contributed by atoms with E-state index >= 15 is 0 Å². The van der Waals surface area contributed by atoms with E-state index in [9.17, 15) is 14.4 Å². The summed E-state index contributed by atoms with van der Waals surface area (Å²) in [6.07, 6.45) is 1.38. The summed E-state index contributed by atoms with van der Waals surface area (Å²) in [4.78, 5) is 37.6. The summed E-state index contributed by atoms with van der Waals surface area (Å²) in [5.74, 6) is -0.588. The lowest BCUT2D eigenvalue weighted by atomic mass is 9.75. The fourth-order valence-electron chi connectivity index (χ4n) is 1.98. The Morgan fingerprint density at radius 2 is 1.80 bits per heavy atom. The molecule has 1 aromatic heterocycles. The van der Waals surface area contributed by atoms with E-state index in [0.717, 1.165) is 0 Å². The van der Waals surface area contributed by atoms with Gasteiger partial charge in [-0.05, 0) is 19.9 Å². The number of hydrogen-bond acceptors (Lipinski definition) is 4. The minimum Gasteiger partial charge on any atom is -0.461 e. The van der Waals surface area contributed by atoms with Gasteiger partial charge in [-0.3, -0.25) is 9.59 Å². The summed E-state index contributed by atoms with van der Waals surface area (Å²) in [6.45, 7) is 8.95. The summed E-state index contributed by atoms with van der Waals surface area (Å²) in [7, 11) is 0. The van der Waals surface area contributed by atoms with Crippen molar-refractivity contribution in [2.45, 2.75) is 34.6 Å². The van der Waals surface area contributed by atoms with Crippen molar-refractivity contribution < 1.29 is 14.3 Å². The van der Waals surface area contributed by atoms with Gasteiger partial charge in [0.25, 0.3) is 0 Å². The highest BCUT2D eigenvalue weighted by atomic mass is 16.5. The van der Waals surface area contributed by atoms with Gasteiger partial charge in [0, 0.05) is 17.7 Å². The number of Topliss-reactive ketones (excluding diaryl/α,β-unsaturated/α-hetero) is 1. The van der Waals surface area contributed by atoms with Crippen LogP contribution in [-0.4, -0.2) is 23.3 Å². The van der Waals surface area contributed by atoms with E-state index < -0.39 is 16.8 Å². The summed E-state index contributed by atoms with van der Waals surface area (Å²) in [5, 5.41) is 0. The van der Waals surface area contributed by atoms with E-state index in [-0.39, 0.29) is 23.5 Å². The normalized spacial score (nSPS) is 12.1. The van der Waals surface area contributed by atoms with Gasteiger partial charge in [0.1, 0.15) is 12.4 Å². The Morgan fingerprint density at radius 1 is 1.20 bits per heavy atom. The van der Waals surface area contributed by atoms with Crippen LogP contribution in [0.15, 0.2) is 23.1 Å². The Morgan fingerprint density at radius 3 is 2.30 bits per heavy atom. The number of esters is 1. The molecule has 1 aromatic rings. The first-order chi connectivity index (χ1) is 9.04. The van der Waals surface area contributed by atoms with Gasteiger partial charge in [-0.2, -0.15) is 0 Å². The Balaban J connectivity index is 2.74. The van der Waals surface area contributed by atoms with Crippen molar-refractivity contribution in [2.24, 2.45) is 10.8 Å². The predicted molar refractivity (Wildman–Crippen MR) is 75.6 cm³/mol. The second-order valence-electron chi connectivity index (χ2n) is 6.48. The van der Waals surface area contributed by atoms with Crippen molar-refractivity contribution in [2.75, 3.05) is 6.61 Å². The monoisotopic (exact) mass is 279 g/mol. The number of ether oxygens (including phenoxy) is 1. The van der Waals surface area contributed by atoms with E-state index in [1.54, 1.807) is 13.8 Å². The molecule has 0 bridgehead atoms. The maximum Gasteiger partial charge on any atom is 0.338 e. The van der Waals surface area contributed by atoms with Crippen LogP contribution in [0.4, 0.5) is 0 Å². The first kappa shape index (κ1) is 16.1. The van der Waals surface area contributed by atoms with E-state index in [4.69, 9.17) is 4.74 Å². The smallest absolute Gasteiger partial charge is 0.338 e. The molecular weight excluding hydrogens is 258 g/mol. The van der Waals surface area contributed by atoms with Gasteiger partial charge in [-0.1, -0.05) is 20.8 Å². The zero-order valence-electron chi connectivity index (χ0n) is 12.6. The third-order valence-corrected chi connectivity index (χ3v) is 2.87. The summed E-state index contributed by atoms with van der Waals surface area (Å²) in [5.41, 5.74) is -1.47. The zero-order valence-corrected chi connectivity index (χ0v) is 12.6. The maximum atomic E-state index is 12.2. The van der Waals surface area contributed by atoms with Crippen LogP contribution in [-0.2, 0) is 9.53 Å². The molecule has 0 radical (unpaired) electrons. The fourth-order valence-corrected chi connectivity index (χ4v) is 1.98. The topological polar surface area (TPSA) is 76.2 Å². The van der Waals surface area contributed by atoms with Crippen molar-refractivity contribution in [3.63, 3.8) is 0 Å². The molecule has 5 nitrogen and oxygen atoms in total. The van der Waals surface area contributed by atoms with Crippen molar-refractivity contribution in [1.82, 2.24) is 4.98 Å². The molecule has 0 amide bonds. The molecule has 1 rings (SSSR count). The Bertz CT molecular complexity index is 564. The summed E-state index contributed by atoms with van der Waals surface area (Å²) >= 11 is 0. The third-order valence-electron chi connectivity index (χ3n) is 2.87. The molecule has 110 valence electrons. The summed E-state index contributed by atoms with van der Waals surface area (Å²) in [6, 6.07) is 2.63. The van der Waals surface area contributed by atoms with Crippen molar-refractivity contribution in [3.8, 4) is 0 Å². The van der Waals surface area contributed by atoms with Crippen LogP contribution in [0.3, 0.4) is 0 Å². The molecular formula is C15H21NO4. The second-order valence-corrected chi connectivity index (χ2v) is 6.48. The number of H-pyrrole nitrogens is 1. The zero-order chi connectivity index (χ0) is 15.6. The Kier molecular flexibility index (Phi) is 4.53. The number of nitrogens with one attached hydrogen (secondary N) is 1. The third kappa shape index (κ3) is 4.05. The van der Waals surface area contributed by atoms with Crippen LogP contribution >= 0.6 is 0 Å². The molecule has 1 N–H and O–H groups in total. The van der Waals surface area contributed by atoms with Crippen molar-refractivity contribution >= 4 is 11.8 Å². The highest BCUT2D eigenvalue weighted by Crippen LogP contribution is 2.29. The lowest BCUT2D eigenvalue weighted by molar-refractivity contribution is -0.137. The number of aromatic nitrogens is 1. The summed E-state index contributed by atoms with van der Waals surface area (Å²) < 4.78 is 5.15. The average Bonchev–Trinajstić information content (AvgIpc) is 2.34. The minimum atomic E-state index is -0.769. The van der Waals surface area contributed by atoms with E-state index in [1.165, 1.54) is 18.3 Å². The number of carbonyl (C=O) groups excluding carboxylic acids is 2. The fraction of sp³-hybridized carbons (Fsp3) is 0.533. The van der Waals surface area contributed by atoms with Crippen molar-refractivity contribution in [1.29, 1.82) is 0 Å². The van der Waals surface area contributed by atoms with Crippen LogP contribution in [0, 0.1) is 10.8 Å². The number of pyridine rings is 1. The second kappa shape index (κ2) is 5.61. The molecule has 0 saturated heterocycles. The average molecular weight is 279 g/mol. The van der Waals surface area contributed by atoms with Crippen molar-refractivity contribution in [3.05, 3.63) is 34.2 Å². The molecule has 0 atom stereocenters. The van der Waals surface area contributed by atoms with Gasteiger partial charge in [0.2, 0.25) is 5.56 Å². The predicted octanol–water partition coefficient (Wildman–Crippen LogP) is 2.17. The molecule has 20 heavy (non-hydrogen) atoms. The van der Waals surface area contributed by atoms with Gasteiger partial charge in [-0.25, -0.2) is 4.79 Å². The van der Waals surface area contributed by atoms with Gasteiger partial charge in [0.05, 0.1) is 11.0 Å². The lowest BCUT2D eigenvalue weighted by Gasteiger charge is -2.30.